The molecule has 2 aliphatic rings. The van der Waals surface area contributed by atoms with Gasteiger partial charge in [0.2, 0.25) is 5.91 Å². The van der Waals surface area contributed by atoms with Gasteiger partial charge in [0.1, 0.15) is 10.9 Å². The number of aryl methyl sites for hydroxylation is 1. The van der Waals surface area contributed by atoms with Crippen molar-refractivity contribution in [3.63, 3.8) is 0 Å². The number of anilines is 1. The Bertz CT molecular complexity index is 659. The Labute approximate surface area is 136 Å². The average molecular weight is 344 g/mol. The molecule has 1 amide bonds. The van der Waals surface area contributed by atoms with Crippen molar-refractivity contribution in [1.29, 1.82) is 0 Å². The Morgan fingerprint density at radius 1 is 1.48 bits per heavy atom. The van der Waals surface area contributed by atoms with Crippen molar-refractivity contribution in [2.45, 2.75) is 44.6 Å². The maximum Gasteiger partial charge on any atom is 0.341 e. The number of esters is 1. The zero-order valence-electron chi connectivity index (χ0n) is 12.7. The molecule has 126 valence electrons. The molecular formula is C15H18F2N2O3S. The van der Waals surface area contributed by atoms with Crippen molar-refractivity contribution in [2.75, 3.05) is 11.9 Å². The molecule has 0 aromatic carbocycles. The summed E-state index contributed by atoms with van der Waals surface area (Å²) in [6.07, 6.45) is 1.59. The van der Waals surface area contributed by atoms with Crippen LogP contribution in [0.5, 0.6) is 0 Å². The first-order valence-electron chi connectivity index (χ1n) is 7.59. The van der Waals surface area contributed by atoms with Crippen LogP contribution in [0.4, 0.5) is 13.8 Å². The normalized spacial score (nSPS) is 24.7. The number of hydrogen-bond donors (Lipinski definition) is 2. The van der Waals surface area contributed by atoms with E-state index in [2.05, 4.69) is 5.32 Å². The van der Waals surface area contributed by atoms with Gasteiger partial charge in [-0.15, -0.1) is 11.3 Å². The van der Waals surface area contributed by atoms with Gasteiger partial charge in [0, 0.05) is 17.3 Å². The number of nitrogens with one attached hydrogen (secondary N) is 1. The van der Waals surface area contributed by atoms with Crippen molar-refractivity contribution in [3.05, 3.63) is 16.0 Å². The molecule has 3 rings (SSSR count). The predicted octanol–water partition coefficient (Wildman–Crippen LogP) is 2.33. The van der Waals surface area contributed by atoms with E-state index in [1.807, 2.05) is 0 Å². The molecule has 2 aliphatic carbocycles. The molecule has 1 aromatic heterocycles. The average Bonchev–Trinajstić information content (AvgIpc) is 2.97. The fourth-order valence-electron chi connectivity index (χ4n) is 2.81. The number of halogens is 2. The molecule has 1 fully saturated rings. The Morgan fingerprint density at radius 3 is 2.78 bits per heavy atom. The molecular weight excluding hydrogens is 326 g/mol. The van der Waals surface area contributed by atoms with E-state index in [0.29, 0.717) is 17.8 Å². The first-order chi connectivity index (χ1) is 10.8. The molecule has 0 bridgehead atoms. The minimum absolute atomic E-state index is 0.0541. The molecule has 0 unspecified atom stereocenters. The third kappa shape index (κ3) is 3.10. The number of amides is 1. The molecule has 0 aliphatic heterocycles. The largest absolute Gasteiger partial charge is 0.462 e. The summed E-state index contributed by atoms with van der Waals surface area (Å²) in [5, 5.41) is 2.80. The van der Waals surface area contributed by atoms with E-state index >= 15 is 0 Å². The smallest absolute Gasteiger partial charge is 0.341 e. The molecule has 0 radical (unpaired) electrons. The number of hydrogen-bond acceptors (Lipinski definition) is 5. The number of ether oxygens (including phenoxy) is 1. The van der Waals surface area contributed by atoms with Crippen LogP contribution in [-0.4, -0.2) is 30.4 Å². The summed E-state index contributed by atoms with van der Waals surface area (Å²) in [7, 11) is 0. The number of carbonyl (C=O) groups is 2. The fraction of sp³-hybridized carbons (Fsp3) is 0.600. The summed E-state index contributed by atoms with van der Waals surface area (Å²) in [6, 6.07) is -0.0541. The van der Waals surface area contributed by atoms with Gasteiger partial charge in [-0.1, -0.05) is 0 Å². The molecule has 0 spiro atoms. The number of rotatable bonds is 4. The SMILES string of the molecule is CCOC(=O)c1c(NC(=O)[C@H]2CC2(F)F)sc2c1C[C@@H](N)CC2. The molecule has 1 aromatic rings. The van der Waals surface area contributed by atoms with E-state index in [1.165, 1.54) is 11.3 Å². The van der Waals surface area contributed by atoms with Crippen molar-refractivity contribution >= 4 is 28.2 Å². The fourth-order valence-corrected chi connectivity index (χ4v) is 4.05. The lowest BCUT2D eigenvalue weighted by molar-refractivity contribution is -0.119. The molecule has 1 heterocycles. The van der Waals surface area contributed by atoms with Crippen LogP contribution in [0.15, 0.2) is 0 Å². The Hall–Kier alpha value is -1.54. The summed E-state index contributed by atoms with van der Waals surface area (Å²) in [5.74, 6) is -5.53. The molecule has 2 atom stereocenters. The Kier molecular flexibility index (Phi) is 4.14. The second kappa shape index (κ2) is 5.83. The molecule has 5 nitrogen and oxygen atoms in total. The van der Waals surface area contributed by atoms with Crippen LogP contribution in [-0.2, 0) is 22.4 Å². The maximum atomic E-state index is 13.0. The quantitative estimate of drug-likeness (QED) is 0.822. The Balaban J connectivity index is 1.89. The van der Waals surface area contributed by atoms with Gasteiger partial charge >= 0.3 is 5.97 Å². The number of carbonyl (C=O) groups excluding carboxylic acids is 2. The second-order valence-corrected chi connectivity index (χ2v) is 7.04. The lowest BCUT2D eigenvalue weighted by atomic mass is 9.92. The zero-order chi connectivity index (χ0) is 16.8. The van der Waals surface area contributed by atoms with Crippen molar-refractivity contribution < 1.29 is 23.1 Å². The molecule has 0 saturated heterocycles. The molecule has 3 N–H and O–H groups in total. The molecule has 8 heteroatoms. The third-order valence-electron chi connectivity index (χ3n) is 4.16. The highest BCUT2D eigenvalue weighted by Crippen LogP contribution is 2.49. The lowest BCUT2D eigenvalue weighted by Gasteiger charge is -2.18. The highest BCUT2D eigenvalue weighted by molar-refractivity contribution is 7.17. The van der Waals surface area contributed by atoms with E-state index in [9.17, 15) is 18.4 Å². The first kappa shape index (κ1) is 16.3. The zero-order valence-corrected chi connectivity index (χ0v) is 13.5. The van der Waals surface area contributed by atoms with Crippen molar-refractivity contribution in [2.24, 2.45) is 11.7 Å². The van der Waals surface area contributed by atoms with Crippen LogP contribution in [0, 0.1) is 5.92 Å². The van der Waals surface area contributed by atoms with Gasteiger partial charge in [-0.25, -0.2) is 13.6 Å². The van der Waals surface area contributed by atoms with E-state index in [1.54, 1.807) is 6.92 Å². The minimum atomic E-state index is -2.94. The van der Waals surface area contributed by atoms with Gasteiger partial charge in [-0.05, 0) is 31.7 Å². The van der Waals surface area contributed by atoms with Gasteiger partial charge < -0.3 is 15.8 Å². The van der Waals surface area contributed by atoms with Crippen molar-refractivity contribution in [1.82, 2.24) is 0 Å². The van der Waals surface area contributed by atoms with E-state index < -0.39 is 30.1 Å². The van der Waals surface area contributed by atoms with Gasteiger partial charge in [0.15, 0.2) is 0 Å². The van der Waals surface area contributed by atoms with Gasteiger partial charge in [0.05, 0.1) is 12.2 Å². The van der Waals surface area contributed by atoms with Gasteiger partial charge in [0.25, 0.3) is 5.92 Å². The maximum absolute atomic E-state index is 13.0. The van der Waals surface area contributed by atoms with Crippen LogP contribution >= 0.6 is 11.3 Å². The lowest BCUT2D eigenvalue weighted by Crippen LogP contribution is -2.28. The number of nitrogens with two attached hydrogens (primary N) is 1. The highest BCUT2D eigenvalue weighted by Gasteiger charge is 2.61. The van der Waals surface area contributed by atoms with Gasteiger partial charge in [-0.3, -0.25) is 4.79 Å². The second-order valence-electron chi connectivity index (χ2n) is 5.94. The van der Waals surface area contributed by atoms with Crippen molar-refractivity contribution in [3.8, 4) is 0 Å². The standard InChI is InChI=1S/C15H18F2N2O3S/c1-2-22-14(21)11-8-5-7(18)3-4-10(8)23-13(11)19-12(20)9-6-15(9,16)17/h7,9H,2-6,18H2,1H3,(H,19,20)/t7-,9+/m0/s1. The third-order valence-corrected chi connectivity index (χ3v) is 5.37. The molecule has 1 saturated carbocycles. The topological polar surface area (TPSA) is 81.4 Å². The number of alkyl halides is 2. The van der Waals surface area contributed by atoms with Crippen LogP contribution < -0.4 is 11.1 Å². The van der Waals surface area contributed by atoms with Gasteiger partial charge in [-0.2, -0.15) is 0 Å². The van der Waals surface area contributed by atoms with E-state index in [0.717, 1.165) is 16.9 Å². The summed E-state index contributed by atoms with van der Waals surface area (Å²) < 4.78 is 31.1. The Morgan fingerprint density at radius 2 is 2.17 bits per heavy atom. The van der Waals surface area contributed by atoms with E-state index in [-0.39, 0.29) is 18.2 Å². The monoisotopic (exact) mass is 344 g/mol. The van der Waals surface area contributed by atoms with Crippen LogP contribution in [0.2, 0.25) is 0 Å². The van der Waals surface area contributed by atoms with Crippen LogP contribution in [0.3, 0.4) is 0 Å². The van der Waals surface area contributed by atoms with E-state index in [4.69, 9.17) is 10.5 Å². The van der Waals surface area contributed by atoms with Crippen LogP contribution in [0.25, 0.3) is 0 Å². The first-order valence-corrected chi connectivity index (χ1v) is 8.41. The summed E-state index contributed by atoms with van der Waals surface area (Å²) in [4.78, 5) is 25.1. The number of fused-ring (bicyclic) bond motifs is 1. The minimum Gasteiger partial charge on any atom is -0.462 e. The summed E-state index contributed by atoms with van der Waals surface area (Å²) in [6.45, 7) is 1.88. The number of thiophene rings is 1. The predicted molar refractivity (Wildman–Crippen MR) is 82.0 cm³/mol. The molecule has 23 heavy (non-hydrogen) atoms. The summed E-state index contributed by atoms with van der Waals surface area (Å²) >= 11 is 1.26. The summed E-state index contributed by atoms with van der Waals surface area (Å²) in [5.41, 5.74) is 7.02. The highest BCUT2D eigenvalue weighted by atomic mass is 32.1. The van der Waals surface area contributed by atoms with Crippen LogP contribution in [0.1, 0.15) is 40.6 Å².